The van der Waals surface area contributed by atoms with Crippen LogP contribution in [0, 0.1) is 0 Å². The molecule has 1 heterocycles. The summed E-state index contributed by atoms with van der Waals surface area (Å²) in [7, 11) is 4.49. The van der Waals surface area contributed by atoms with Crippen molar-refractivity contribution in [3.8, 4) is 17.2 Å². The molecule has 172 valence electrons. The van der Waals surface area contributed by atoms with E-state index in [9.17, 15) is 14.4 Å². The zero-order valence-corrected chi connectivity index (χ0v) is 19.7. The third kappa shape index (κ3) is 5.62. The maximum atomic E-state index is 12.8. The van der Waals surface area contributed by atoms with E-state index < -0.39 is 17.7 Å². The molecule has 0 atom stereocenters. The van der Waals surface area contributed by atoms with Crippen molar-refractivity contribution in [1.29, 1.82) is 0 Å². The Hall–Kier alpha value is -3.57. The molecule has 33 heavy (non-hydrogen) atoms. The largest absolute Gasteiger partial charge is 0.496 e. The van der Waals surface area contributed by atoms with Gasteiger partial charge in [-0.1, -0.05) is 42.2 Å². The number of nitrogens with zero attached hydrogens (tertiary/aromatic N) is 1. The maximum absolute atomic E-state index is 12.8. The molecule has 2 N–H and O–H groups in total. The average molecular weight is 488 g/mol. The van der Waals surface area contributed by atoms with Gasteiger partial charge in [-0.25, -0.2) is 0 Å². The topological polar surface area (TPSA) is 106 Å². The zero-order chi connectivity index (χ0) is 24.0. The summed E-state index contributed by atoms with van der Waals surface area (Å²) in [5, 5.41) is 0. The second-order valence-electron chi connectivity index (χ2n) is 6.58. The van der Waals surface area contributed by atoms with E-state index in [2.05, 4.69) is 10.9 Å². The van der Waals surface area contributed by atoms with Gasteiger partial charge in [0.05, 0.1) is 31.8 Å². The highest BCUT2D eigenvalue weighted by molar-refractivity contribution is 8.26. The minimum Gasteiger partial charge on any atom is -0.496 e. The number of rotatable bonds is 7. The van der Waals surface area contributed by atoms with Crippen LogP contribution in [0.4, 0.5) is 0 Å². The predicted octanol–water partition coefficient (Wildman–Crippen LogP) is 2.37. The van der Waals surface area contributed by atoms with Gasteiger partial charge in [-0.15, -0.1) is 0 Å². The summed E-state index contributed by atoms with van der Waals surface area (Å²) in [5.41, 5.74) is 5.55. The number of amides is 3. The van der Waals surface area contributed by atoms with Crippen LogP contribution in [-0.4, -0.2) is 54.8 Å². The molecule has 1 fully saturated rings. The van der Waals surface area contributed by atoms with E-state index in [1.54, 1.807) is 48.5 Å². The summed E-state index contributed by atoms with van der Waals surface area (Å²) in [6.07, 6.45) is 1.66. The molecule has 0 aromatic heterocycles. The highest BCUT2D eigenvalue weighted by atomic mass is 32.2. The monoisotopic (exact) mass is 487 g/mol. The summed E-state index contributed by atoms with van der Waals surface area (Å²) in [4.78, 5) is 38.9. The fourth-order valence-electron chi connectivity index (χ4n) is 2.94. The highest BCUT2D eigenvalue weighted by Gasteiger charge is 2.33. The van der Waals surface area contributed by atoms with Gasteiger partial charge in [-0.2, -0.15) is 0 Å². The maximum Gasteiger partial charge on any atom is 0.273 e. The van der Waals surface area contributed by atoms with Gasteiger partial charge in [-0.3, -0.25) is 30.1 Å². The molecule has 11 heteroatoms. The van der Waals surface area contributed by atoms with Crippen LogP contribution in [0.3, 0.4) is 0 Å². The number of nitrogens with one attached hydrogen (secondary N) is 2. The van der Waals surface area contributed by atoms with Gasteiger partial charge in [0.25, 0.3) is 17.7 Å². The molecule has 1 aliphatic heterocycles. The van der Waals surface area contributed by atoms with E-state index in [0.717, 1.165) is 16.7 Å². The van der Waals surface area contributed by atoms with Crippen LogP contribution < -0.4 is 25.1 Å². The molecule has 1 aliphatic rings. The van der Waals surface area contributed by atoms with Gasteiger partial charge in [0.15, 0.2) is 11.5 Å². The van der Waals surface area contributed by atoms with Crippen LogP contribution in [0.1, 0.15) is 15.9 Å². The summed E-state index contributed by atoms with van der Waals surface area (Å²) >= 11 is 6.34. The van der Waals surface area contributed by atoms with Crippen molar-refractivity contribution in [2.24, 2.45) is 0 Å². The number of carbonyl (C=O) groups excluding carboxylic acids is 3. The minimum absolute atomic E-state index is 0.234. The number of thioether (sulfide) groups is 1. The van der Waals surface area contributed by atoms with Crippen molar-refractivity contribution in [2.75, 3.05) is 27.9 Å². The lowest BCUT2D eigenvalue weighted by Gasteiger charge is -2.15. The summed E-state index contributed by atoms with van der Waals surface area (Å²) in [6, 6.07) is 11.8. The lowest BCUT2D eigenvalue weighted by molar-refractivity contribution is -0.129. The molecule has 1 saturated heterocycles. The Morgan fingerprint density at radius 1 is 1.00 bits per heavy atom. The first-order chi connectivity index (χ1) is 15.9. The summed E-state index contributed by atoms with van der Waals surface area (Å²) < 4.78 is 15.9. The minimum atomic E-state index is -0.609. The molecule has 2 aromatic rings. The van der Waals surface area contributed by atoms with Crippen LogP contribution in [0.15, 0.2) is 47.4 Å². The molecule has 3 rings (SSSR count). The fourth-order valence-corrected chi connectivity index (χ4v) is 4.19. The lowest BCUT2D eigenvalue weighted by Crippen LogP contribution is -2.47. The van der Waals surface area contributed by atoms with E-state index in [-0.39, 0.29) is 16.4 Å². The number of para-hydroxylation sites is 1. The van der Waals surface area contributed by atoms with Crippen molar-refractivity contribution < 1.29 is 28.6 Å². The van der Waals surface area contributed by atoms with E-state index in [1.165, 1.54) is 21.3 Å². The van der Waals surface area contributed by atoms with Gasteiger partial charge in [0, 0.05) is 0 Å². The standard InChI is InChI=1S/C22H21N3O6S2/c1-29-15-7-5-4-6-14(15)20(27)24-23-19(26)12-25-21(28)18(33-22(25)32)11-13-8-9-16(30-2)17(10-13)31-3/h4-11H,12H2,1-3H3,(H,23,26)(H,24,27). The Balaban J connectivity index is 1.63. The lowest BCUT2D eigenvalue weighted by atomic mass is 10.2. The number of carbonyl (C=O) groups is 3. The number of methoxy groups -OCH3 is 3. The van der Waals surface area contributed by atoms with E-state index >= 15 is 0 Å². The molecule has 0 bridgehead atoms. The van der Waals surface area contributed by atoms with Crippen LogP contribution in [0.2, 0.25) is 0 Å². The Labute approximate surface area is 200 Å². The summed E-state index contributed by atoms with van der Waals surface area (Å²) in [5.74, 6) is -0.130. The first-order valence-corrected chi connectivity index (χ1v) is 10.8. The SMILES string of the molecule is COc1ccc(C=C2SC(=S)N(CC(=O)NNC(=O)c3ccccc3OC)C2=O)cc1OC. The highest BCUT2D eigenvalue weighted by Crippen LogP contribution is 2.34. The average Bonchev–Trinajstić information content (AvgIpc) is 3.09. The molecule has 0 saturated carbocycles. The van der Waals surface area contributed by atoms with Crippen LogP contribution >= 0.6 is 24.0 Å². The van der Waals surface area contributed by atoms with Crippen molar-refractivity contribution in [3.63, 3.8) is 0 Å². The van der Waals surface area contributed by atoms with Crippen molar-refractivity contribution in [3.05, 3.63) is 58.5 Å². The van der Waals surface area contributed by atoms with Crippen molar-refractivity contribution in [2.45, 2.75) is 0 Å². The van der Waals surface area contributed by atoms with Gasteiger partial charge in [-0.05, 0) is 35.9 Å². The number of benzene rings is 2. The Kier molecular flexibility index (Phi) is 7.91. The molecule has 0 aliphatic carbocycles. The molecule has 2 aromatic carbocycles. The van der Waals surface area contributed by atoms with Gasteiger partial charge in [0.1, 0.15) is 16.6 Å². The molecule has 3 amide bonds. The Bertz CT molecular complexity index is 1130. The van der Waals surface area contributed by atoms with Gasteiger partial charge >= 0.3 is 0 Å². The number of hydrogen-bond acceptors (Lipinski definition) is 8. The molecular weight excluding hydrogens is 466 g/mol. The number of ether oxygens (including phenoxy) is 3. The fraction of sp³-hybridized carbons (Fsp3) is 0.182. The smallest absolute Gasteiger partial charge is 0.273 e. The molecule has 0 unspecified atom stereocenters. The summed E-state index contributed by atoms with van der Waals surface area (Å²) in [6.45, 7) is -0.347. The third-order valence-corrected chi connectivity index (χ3v) is 5.93. The third-order valence-electron chi connectivity index (χ3n) is 4.55. The van der Waals surface area contributed by atoms with Gasteiger partial charge in [0.2, 0.25) is 0 Å². The normalized spacial score (nSPS) is 14.3. The first kappa shape index (κ1) is 24.1. The van der Waals surface area contributed by atoms with Crippen molar-refractivity contribution in [1.82, 2.24) is 15.8 Å². The van der Waals surface area contributed by atoms with E-state index in [1.807, 2.05) is 0 Å². The number of thiocarbonyl (C=S) groups is 1. The predicted molar refractivity (Wildman–Crippen MR) is 128 cm³/mol. The second kappa shape index (κ2) is 10.8. The quantitative estimate of drug-likeness (QED) is 0.348. The molecule has 0 radical (unpaired) electrons. The first-order valence-electron chi connectivity index (χ1n) is 9.57. The van der Waals surface area contributed by atoms with E-state index in [4.69, 9.17) is 26.4 Å². The van der Waals surface area contributed by atoms with Crippen LogP contribution in [-0.2, 0) is 9.59 Å². The molecule has 9 nitrogen and oxygen atoms in total. The number of hydrazine groups is 1. The zero-order valence-electron chi connectivity index (χ0n) is 18.0. The van der Waals surface area contributed by atoms with Crippen LogP contribution in [0.25, 0.3) is 6.08 Å². The number of hydrogen-bond donors (Lipinski definition) is 2. The van der Waals surface area contributed by atoms with E-state index in [0.29, 0.717) is 27.7 Å². The van der Waals surface area contributed by atoms with Crippen LogP contribution in [0.5, 0.6) is 17.2 Å². The Morgan fingerprint density at radius 2 is 1.70 bits per heavy atom. The second-order valence-corrected chi connectivity index (χ2v) is 8.26. The van der Waals surface area contributed by atoms with Gasteiger partial charge < -0.3 is 14.2 Å². The molecular formula is C22H21N3O6S2. The Morgan fingerprint density at radius 3 is 2.39 bits per heavy atom. The van der Waals surface area contributed by atoms with Crippen molar-refractivity contribution >= 4 is 52.1 Å². The molecule has 0 spiro atoms.